The molecule has 0 radical (unpaired) electrons. The topological polar surface area (TPSA) is 42.8 Å². The van der Waals surface area contributed by atoms with Gasteiger partial charge in [-0.3, -0.25) is 4.79 Å². The van der Waals surface area contributed by atoms with Crippen molar-refractivity contribution in [2.75, 3.05) is 32.8 Å². The second kappa shape index (κ2) is 8.97. The zero-order valence-electron chi connectivity index (χ0n) is 15.7. The maximum absolute atomic E-state index is 12.8. The van der Waals surface area contributed by atoms with Crippen LogP contribution >= 0.6 is 0 Å². The number of hydrogen-bond donors (Lipinski definition) is 2. The van der Waals surface area contributed by atoms with Gasteiger partial charge in [0.1, 0.15) is 25.7 Å². The molecule has 26 heavy (non-hydrogen) atoms. The minimum absolute atomic E-state index is 0.00146. The van der Waals surface area contributed by atoms with E-state index in [1.165, 1.54) is 10.5 Å². The van der Waals surface area contributed by atoms with Gasteiger partial charge in [-0.15, -0.1) is 0 Å². The van der Waals surface area contributed by atoms with Crippen LogP contribution in [0.1, 0.15) is 47.3 Å². The van der Waals surface area contributed by atoms with Crippen molar-refractivity contribution >= 4 is 5.91 Å². The number of ether oxygens (including phenoxy) is 1. The van der Waals surface area contributed by atoms with Crippen molar-refractivity contribution in [3.63, 3.8) is 0 Å². The summed E-state index contributed by atoms with van der Waals surface area (Å²) in [4.78, 5) is 14.3. The summed E-state index contributed by atoms with van der Waals surface area (Å²) in [5.41, 5.74) is 3.12. The third-order valence-corrected chi connectivity index (χ3v) is 5.04. The van der Waals surface area contributed by atoms with Gasteiger partial charge in [0, 0.05) is 5.56 Å². The van der Waals surface area contributed by atoms with E-state index in [0.29, 0.717) is 11.5 Å². The highest BCUT2D eigenvalue weighted by Gasteiger charge is 2.23. The largest absolute Gasteiger partial charge is 0.370 e. The fourth-order valence-electron chi connectivity index (χ4n) is 3.35. The Labute approximate surface area is 156 Å². The molecule has 0 aromatic heterocycles. The highest BCUT2D eigenvalue weighted by atomic mass is 16.5. The fraction of sp³-hybridized carbons (Fsp3) is 0.409. The molecule has 1 aliphatic heterocycles. The molecule has 138 valence electrons. The van der Waals surface area contributed by atoms with Crippen LogP contribution in [-0.4, -0.2) is 38.8 Å². The van der Waals surface area contributed by atoms with Crippen LogP contribution in [0.25, 0.3) is 0 Å². The second-order valence-electron chi connectivity index (χ2n) is 7.28. The van der Waals surface area contributed by atoms with Crippen LogP contribution in [0.4, 0.5) is 0 Å². The van der Waals surface area contributed by atoms with E-state index in [1.54, 1.807) is 0 Å². The van der Waals surface area contributed by atoms with E-state index in [0.717, 1.165) is 38.4 Å². The number of rotatable bonds is 6. The van der Waals surface area contributed by atoms with Crippen molar-refractivity contribution in [3.05, 3.63) is 71.3 Å². The lowest BCUT2D eigenvalue weighted by Gasteiger charge is -2.28. The SMILES string of the molecule is CC(C)c1ccc(C(=O)N[C@H](C[NH+]2CCOCC2)c2ccccc2)cc1. The monoisotopic (exact) mass is 353 g/mol. The van der Waals surface area contributed by atoms with Gasteiger partial charge >= 0.3 is 0 Å². The molecular formula is C22H29N2O2+. The zero-order chi connectivity index (χ0) is 18.4. The molecule has 2 aromatic rings. The van der Waals surface area contributed by atoms with E-state index in [2.05, 4.69) is 31.3 Å². The van der Waals surface area contributed by atoms with Crippen molar-refractivity contribution in [2.24, 2.45) is 0 Å². The standard InChI is InChI=1S/C22H28N2O2/c1-17(2)18-8-10-20(11-9-18)22(25)23-21(19-6-4-3-5-7-19)16-24-12-14-26-15-13-24/h3-11,17,21H,12-16H2,1-2H3,(H,23,25)/p+1/t21-/m1/s1. The van der Waals surface area contributed by atoms with Gasteiger partial charge in [0.15, 0.2) is 0 Å². The van der Waals surface area contributed by atoms with E-state index in [9.17, 15) is 4.79 Å². The normalized spacial score (nSPS) is 16.4. The maximum atomic E-state index is 12.8. The van der Waals surface area contributed by atoms with Crippen LogP contribution in [0.15, 0.2) is 54.6 Å². The first-order valence-corrected chi connectivity index (χ1v) is 9.50. The van der Waals surface area contributed by atoms with E-state index in [1.807, 2.05) is 42.5 Å². The lowest BCUT2D eigenvalue weighted by Crippen LogP contribution is -3.14. The number of hydrogen-bond acceptors (Lipinski definition) is 2. The Morgan fingerprint density at radius 1 is 1.00 bits per heavy atom. The molecule has 2 N–H and O–H groups in total. The number of carbonyl (C=O) groups is 1. The first-order valence-electron chi connectivity index (χ1n) is 9.50. The fourth-order valence-corrected chi connectivity index (χ4v) is 3.35. The van der Waals surface area contributed by atoms with Gasteiger partial charge in [0.05, 0.1) is 13.2 Å². The van der Waals surface area contributed by atoms with Crippen molar-refractivity contribution in [2.45, 2.75) is 25.8 Å². The number of amides is 1. The highest BCUT2D eigenvalue weighted by molar-refractivity contribution is 5.94. The third-order valence-electron chi connectivity index (χ3n) is 5.04. The summed E-state index contributed by atoms with van der Waals surface area (Å²) >= 11 is 0. The van der Waals surface area contributed by atoms with Crippen LogP contribution in [0.5, 0.6) is 0 Å². The summed E-state index contributed by atoms with van der Waals surface area (Å²) in [5.74, 6) is 0.455. The van der Waals surface area contributed by atoms with E-state index in [4.69, 9.17) is 4.74 Å². The van der Waals surface area contributed by atoms with Gasteiger partial charge in [-0.05, 0) is 29.2 Å². The van der Waals surface area contributed by atoms with Crippen LogP contribution in [0.3, 0.4) is 0 Å². The van der Waals surface area contributed by atoms with E-state index in [-0.39, 0.29) is 11.9 Å². The minimum atomic E-state index is -0.0122. The average Bonchev–Trinajstić information content (AvgIpc) is 2.69. The van der Waals surface area contributed by atoms with Gasteiger partial charge in [-0.2, -0.15) is 0 Å². The maximum Gasteiger partial charge on any atom is 0.251 e. The molecule has 0 unspecified atom stereocenters. The molecule has 4 nitrogen and oxygen atoms in total. The molecule has 2 aromatic carbocycles. The molecule has 0 bridgehead atoms. The lowest BCUT2D eigenvalue weighted by molar-refractivity contribution is -0.909. The second-order valence-corrected chi connectivity index (χ2v) is 7.28. The molecular weight excluding hydrogens is 324 g/mol. The molecule has 0 spiro atoms. The van der Waals surface area contributed by atoms with Crippen molar-refractivity contribution in [1.82, 2.24) is 5.32 Å². The summed E-state index contributed by atoms with van der Waals surface area (Å²) in [5, 5.41) is 3.24. The Hall–Kier alpha value is -2.17. The summed E-state index contributed by atoms with van der Waals surface area (Å²) in [7, 11) is 0. The number of morpholine rings is 1. The van der Waals surface area contributed by atoms with Gasteiger partial charge in [0.25, 0.3) is 5.91 Å². The Bertz CT molecular complexity index is 692. The van der Waals surface area contributed by atoms with Crippen LogP contribution in [-0.2, 0) is 4.74 Å². The molecule has 3 rings (SSSR count). The summed E-state index contributed by atoms with van der Waals surface area (Å²) in [6, 6.07) is 18.2. The predicted molar refractivity (Wildman–Crippen MR) is 104 cm³/mol. The molecule has 1 aliphatic rings. The summed E-state index contributed by atoms with van der Waals surface area (Å²) < 4.78 is 5.46. The molecule has 4 heteroatoms. The molecule has 0 saturated carbocycles. The van der Waals surface area contributed by atoms with Gasteiger partial charge in [0.2, 0.25) is 0 Å². The summed E-state index contributed by atoms with van der Waals surface area (Å²) in [6.07, 6.45) is 0. The molecule has 1 fully saturated rings. The third kappa shape index (κ3) is 4.93. The van der Waals surface area contributed by atoms with Gasteiger partial charge in [-0.1, -0.05) is 56.3 Å². The minimum Gasteiger partial charge on any atom is -0.370 e. The van der Waals surface area contributed by atoms with Crippen LogP contribution in [0.2, 0.25) is 0 Å². The average molecular weight is 353 g/mol. The Morgan fingerprint density at radius 2 is 1.65 bits per heavy atom. The lowest BCUT2D eigenvalue weighted by atomic mass is 10.0. The highest BCUT2D eigenvalue weighted by Crippen LogP contribution is 2.16. The van der Waals surface area contributed by atoms with Gasteiger partial charge in [-0.25, -0.2) is 0 Å². The number of carbonyl (C=O) groups excluding carboxylic acids is 1. The number of quaternary nitrogens is 1. The Balaban J connectivity index is 1.72. The number of benzene rings is 2. The molecule has 1 saturated heterocycles. The summed E-state index contributed by atoms with van der Waals surface area (Å²) in [6.45, 7) is 8.76. The van der Waals surface area contributed by atoms with E-state index < -0.39 is 0 Å². The van der Waals surface area contributed by atoms with Crippen LogP contribution < -0.4 is 10.2 Å². The Kier molecular flexibility index (Phi) is 6.42. The predicted octanol–water partition coefficient (Wildman–Crippen LogP) is 2.20. The van der Waals surface area contributed by atoms with Crippen molar-refractivity contribution in [3.8, 4) is 0 Å². The molecule has 1 atom stereocenters. The molecule has 1 heterocycles. The number of nitrogens with one attached hydrogen (secondary N) is 2. The van der Waals surface area contributed by atoms with Crippen molar-refractivity contribution in [1.29, 1.82) is 0 Å². The first-order chi connectivity index (χ1) is 12.6. The molecule has 1 amide bonds. The smallest absolute Gasteiger partial charge is 0.251 e. The quantitative estimate of drug-likeness (QED) is 0.836. The van der Waals surface area contributed by atoms with E-state index >= 15 is 0 Å². The Morgan fingerprint density at radius 3 is 2.27 bits per heavy atom. The first kappa shape index (κ1) is 18.6. The van der Waals surface area contributed by atoms with Gasteiger partial charge < -0.3 is 15.0 Å². The molecule has 0 aliphatic carbocycles. The van der Waals surface area contributed by atoms with Crippen molar-refractivity contribution < 1.29 is 14.4 Å². The zero-order valence-corrected chi connectivity index (χ0v) is 15.7. The van der Waals surface area contributed by atoms with Crippen LogP contribution in [0, 0.1) is 0 Å².